The fourth-order valence-corrected chi connectivity index (χ4v) is 3.61. The van der Waals surface area contributed by atoms with Crippen LogP contribution in [0.1, 0.15) is 99.5 Å². The molecule has 0 fully saturated rings. The van der Waals surface area contributed by atoms with Gasteiger partial charge in [-0.2, -0.15) is 0 Å². The van der Waals surface area contributed by atoms with E-state index in [2.05, 4.69) is 0 Å². The van der Waals surface area contributed by atoms with Crippen molar-refractivity contribution in [2.24, 2.45) is 16.6 Å². The third kappa shape index (κ3) is 13.0. The fraction of sp³-hybridized carbons (Fsp3) is 0.655. The average Bonchev–Trinajstić information content (AvgIpc) is 2.75. The monoisotopic (exact) mass is 551 g/mol. The van der Waals surface area contributed by atoms with Gasteiger partial charge in [-0.25, -0.2) is 4.79 Å². The van der Waals surface area contributed by atoms with Gasteiger partial charge in [0.1, 0.15) is 18.2 Å². The molecule has 4 atom stereocenters. The number of benzene rings is 1. The predicted molar refractivity (Wildman–Crippen MR) is 146 cm³/mol. The van der Waals surface area contributed by atoms with Crippen molar-refractivity contribution >= 4 is 24.1 Å². The molecule has 1 aromatic carbocycles. The molecule has 0 bridgehead atoms. The van der Waals surface area contributed by atoms with Gasteiger partial charge in [0.25, 0.3) is 0 Å². The smallest absolute Gasteiger partial charge is 0.480 e. The second kappa shape index (κ2) is 14.3. The Morgan fingerprint density at radius 1 is 0.846 bits per heavy atom. The zero-order valence-electron chi connectivity index (χ0n) is 24.7. The van der Waals surface area contributed by atoms with Crippen LogP contribution in [0.2, 0.25) is 0 Å². The summed E-state index contributed by atoms with van der Waals surface area (Å²) in [5.41, 5.74) is 5.75. The highest BCUT2D eigenvalue weighted by molar-refractivity contribution is 5.77. The third-order valence-corrected chi connectivity index (χ3v) is 5.67. The lowest BCUT2D eigenvalue weighted by Crippen LogP contribution is -2.38. The summed E-state index contributed by atoms with van der Waals surface area (Å²) in [6, 6.07) is 3.07. The standard InChI is InChI=1S/C29H45NO9/c1-10-17(2)36-27(35)37-18(3)13-20(25(30)26(33)34)19-11-12-21(38-23(31)15-28(4,5)6)22(14-19)39-24(32)16-29(7,8)9/h11-12,14,17-18,20,25H,10,13,15-16,30H2,1-9H3,(H,33,34)/t17?,18?,20?,25-/m0/s1. The Morgan fingerprint density at radius 2 is 1.33 bits per heavy atom. The molecule has 10 heteroatoms. The molecule has 0 radical (unpaired) electrons. The lowest BCUT2D eigenvalue weighted by atomic mass is 9.87. The van der Waals surface area contributed by atoms with Crippen molar-refractivity contribution < 1.29 is 43.2 Å². The summed E-state index contributed by atoms with van der Waals surface area (Å²) < 4.78 is 21.6. The summed E-state index contributed by atoms with van der Waals surface area (Å²) in [6.07, 6.45) is -1.07. The van der Waals surface area contributed by atoms with Gasteiger partial charge in [-0.3, -0.25) is 14.4 Å². The number of nitrogens with two attached hydrogens (primary N) is 1. The molecule has 1 aromatic rings. The molecular formula is C29H45NO9. The maximum atomic E-state index is 12.7. The molecule has 3 N–H and O–H groups in total. The molecule has 0 saturated carbocycles. The zero-order chi connectivity index (χ0) is 30.1. The Bertz CT molecular complexity index is 1010. The first-order chi connectivity index (χ1) is 17.8. The van der Waals surface area contributed by atoms with Crippen LogP contribution in [0.25, 0.3) is 0 Å². The molecule has 0 aliphatic rings. The first-order valence-electron chi connectivity index (χ1n) is 13.2. The number of hydrogen-bond acceptors (Lipinski definition) is 9. The van der Waals surface area contributed by atoms with Crippen LogP contribution < -0.4 is 15.2 Å². The summed E-state index contributed by atoms with van der Waals surface area (Å²) in [5.74, 6) is -3.16. The lowest BCUT2D eigenvalue weighted by Gasteiger charge is -2.26. The molecule has 0 spiro atoms. The van der Waals surface area contributed by atoms with E-state index in [-0.39, 0.29) is 47.7 Å². The first-order valence-corrected chi connectivity index (χ1v) is 13.2. The number of carboxylic acid groups (broad SMARTS) is 1. The summed E-state index contributed by atoms with van der Waals surface area (Å²) in [7, 11) is 0. The number of esters is 2. The number of hydrogen-bond donors (Lipinski definition) is 2. The highest BCUT2D eigenvalue weighted by Gasteiger charge is 2.31. The van der Waals surface area contributed by atoms with Gasteiger partial charge in [-0.1, -0.05) is 54.5 Å². The second-order valence-electron chi connectivity index (χ2n) is 12.4. The van der Waals surface area contributed by atoms with Gasteiger partial charge in [0, 0.05) is 5.92 Å². The number of rotatable bonds is 12. The number of ether oxygens (including phenoxy) is 4. The van der Waals surface area contributed by atoms with E-state index in [4.69, 9.17) is 24.7 Å². The van der Waals surface area contributed by atoms with E-state index in [1.165, 1.54) is 12.1 Å². The van der Waals surface area contributed by atoms with Crippen LogP contribution in [0.3, 0.4) is 0 Å². The molecule has 0 heterocycles. The first kappa shape index (κ1) is 33.9. The van der Waals surface area contributed by atoms with Crippen molar-refractivity contribution in [2.45, 2.75) is 112 Å². The van der Waals surface area contributed by atoms with Crippen LogP contribution >= 0.6 is 0 Å². The molecule has 0 amide bonds. The highest BCUT2D eigenvalue weighted by atomic mass is 16.7. The van der Waals surface area contributed by atoms with Gasteiger partial charge < -0.3 is 29.8 Å². The molecule has 0 aliphatic heterocycles. The summed E-state index contributed by atoms with van der Waals surface area (Å²) >= 11 is 0. The van der Waals surface area contributed by atoms with Gasteiger partial charge in [0.15, 0.2) is 11.5 Å². The average molecular weight is 552 g/mol. The van der Waals surface area contributed by atoms with Gasteiger partial charge in [-0.15, -0.1) is 0 Å². The number of carbonyl (C=O) groups is 4. The number of carboxylic acids is 1. The van der Waals surface area contributed by atoms with E-state index in [1.807, 2.05) is 48.5 Å². The quantitative estimate of drug-likeness (QED) is 0.248. The van der Waals surface area contributed by atoms with E-state index >= 15 is 0 Å². The Hall–Kier alpha value is -3.14. The van der Waals surface area contributed by atoms with E-state index in [9.17, 15) is 24.3 Å². The Morgan fingerprint density at radius 3 is 1.79 bits per heavy atom. The largest absolute Gasteiger partial charge is 0.508 e. The lowest BCUT2D eigenvalue weighted by molar-refractivity contribution is -0.139. The van der Waals surface area contributed by atoms with Crippen molar-refractivity contribution in [3.8, 4) is 11.5 Å². The minimum atomic E-state index is -1.37. The molecule has 10 nitrogen and oxygen atoms in total. The van der Waals surface area contributed by atoms with E-state index in [0.717, 1.165) is 0 Å². The maximum Gasteiger partial charge on any atom is 0.508 e. The zero-order valence-corrected chi connectivity index (χ0v) is 24.7. The third-order valence-electron chi connectivity index (χ3n) is 5.67. The number of aliphatic carboxylic acids is 1. The Kier molecular flexibility index (Phi) is 12.4. The predicted octanol–water partition coefficient (Wildman–Crippen LogP) is 5.60. The van der Waals surface area contributed by atoms with Gasteiger partial charge >= 0.3 is 24.1 Å². The van der Waals surface area contributed by atoms with Crippen LogP contribution in [-0.2, 0) is 23.9 Å². The molecule has 0 aliphatic carbocycles. The van der Waals surface area contributed by atoms with E-state index in [1.54, 1.807) is 19.9 Å². The minimum Gasteiger partial charge on any atom is -0.480 e. The summed E-state index contributed by atoms with van der Waals surface area (Å²) in [4.78, 5) is 49.2. The van der Waals surface area contributed by atoms with Crippen LogP contribution in [-0.4, -0.2) is 47.4 Å². The normalized spacial score (nSPS) is 14.9. The van der Waals surface area contributed by atoms with Gasteiger partial charge in [-0.05, 0) is 55.2 Å². The maximum absolute atomic E-state index is 12.7. The topological polar surface area (TPSA) is 151 Å². The van der Waals surface area contributed by atoms with Crippen molar-refractivity contribution in [2.75, 3.05) is 0 Å². The molecule has 0 aromatic heterocycles. The van der Waals surface area contributed by atoms with Crippen LogP contribution in [0, 0.1) is 10.8 Å². The molecule has 3 unspecified atom stereocenters. The van der Waals surface area contributed by atoms with Crippen molar-refractivity contribution in [3.05, 3.63) is 23.8 Å². The molecular weight excluding hydrogens is 506 g/mol. The Labute approximate surface area is 231 Å². The molecule has 39 heavy (non-hydrogen) atoms. The Balaban J connectivity index is 3.36. The van der Waals surface area contributed by atoms with E-state index < -0.39 is 42.1 Å². The highest BCUT2D eigenvalue weighted by Crippen LogP contribution is 2.36. The fourth-order valence-electron chi connectivity index (χ4n) is 3.61. The van der Waals surface area contributed by atoms with Crippen molar-refractivity contribution in [1.29, 1.82) is 0 Å². The summed E-state index contributed by atoms with van der Waals surface area (Å²) in [5, 5.41) is 9.67. The van der Waals surface area contributed by atoms with E-state index in [0.29, 0.717) is 12.0 Å². The SMILES string of the molecule is CCC(C)OC(=O)OC(C)CC(c1ccc(OC(=O)CC(C)(C)C)c(OC(=O)CC(C)(C)C)c1)[C@H](N)C(=O)O. The van der Waals surface area contributed by atoms with Gasteiger partial charge in [0.05, 0.1) is 12.8 Å². The molecule has 220 valence electrons. The van der Waals surface area contributed by atoms with Crippen molar-refractivity contribution in [3.63, 3.8) is 0 Å². The summed E-state index contributed by atoms with van der Waals surface area (Å²) in [6.45, 7) is 16.5. The van der Waals surface area contributed by atoms with Crippen molar-refractivity contribution in [1.82, 2.24) is 0 Å². The minimum absolute atomic E-state index is 0.0272. The molecule has 1 rings (SSSR count). The molecule has 0 saturated heterocycles. The van der Waals surface area contributed by atoms with Crippen LogP contribution in [0.15, 0.2) is 18.2 Å². The second-order valence-corrected chi connectivity index (χ2v) is 12.4. The van der Waals surface area contributed by atoms with Crippen LogP contribution in [0.4, 0.5) is 4.79 Å². The van der Waals surface area contributed by atoms with Gasteiger partial charge in [0.2, 0.25) is 0 Å². The number of carbonyl (C=O) groups excluding carboxylic acids is 3. The van der Waals surface area contributed by atoms with Crippen LogP contribution in [0.5, 0.6) is 11.5 Å².